The zero-order valence-electron chi connectivity index (χ0n) is 20.1. The van der Waals surface area contributed by atoms with Crippen LogP contribution >= 0.6 is 11.8 Å². The lowest BCUT2D eigenvalue weighted by atomic mass is 9.93. The molecule has 1 N–H and O–H groups in total. The molecule has 0 atom stereocenters. The second kappa shape index (κ2) is 10.5. The normalized spacial score (nSPS) is 14.8. The Morgan fingerprint density at radius 3 is 2.44 bits per heavy atom. The Balaban J connectivity index is 1.26. The number of rotatable bonds is 9. The highest BCUT2D eigenvalue weighted by Gasteiger charge is 2.33. The molecule has 36 heavy (non-hydrogen) atoms. The Morgan fingerprint density at radius 1 is 0.917 bits per heavy atom. The van der Waals surface area contributed by atoms with Gasteiger partial charge in [-0.1, -0.05) is 54.2 Å². The smallest absolute Gasteiger partial charge is 0.261 e. The molecule has 2 aliphatic rings. The zero-order valence-corrected chi connectivity index (χ0v) is 21.0. The summed E-state index contributed by atoms with van der Waals surface area (Å²) in [5, 5.41) is 4.99. The third-order valence-electron chi connectivity index (χ3n) is 6.42. The molecule has 3 aromatic carbocycles. The molecule has 0 fully saturated rings. The van der Waals surface area contributed by atoms with Gasteiger partial charge in [-0.05, 0) is 24.6 Å². The molecule has 0 saturated carbocycles. The summed E-state index contributed by atoms with van der Waals surface area (Å²) < 4.78 is 0. The quantitative estimate of drug-likeness (QED) is 0.343. The molecule has 0 saturated heterocycles. The average Bonchev–Trinajstić information content (AvgIpc) is 3.32. The predicted octanol–water partition coefficient (Wildman–Crippen LogP) is 4.49. The molecule has 0 bridgehead atoms. The number of benzene rings is 3. The van der Waals surface area contributed by atoms with E-state index in [0.29, 0.717) is 27.8 Å². The van der Waals surface area contributed by atoms with E-state index < -0.39 is 0 Å². The number of hydrogen-bond acceptors (Lipinski definition) is 7. The summed E-state index contributed by atoms with van der Waals surface area (Å²) in [6.45, 7) is 2.82. The Hall–Kier alpha value is -3.78. The number of carbonyl (C=O) groups excluding carboxylic acids is 3. The van der Waals surface area contributed by atoms with Crippen LogP contribution in [0.15, 0.2) is 73.1 Å². The number of anilines is 1. The molecule has 2 heterocycles. The molecule has 5 rings (SSSR count). The standard InChI is InChI=1S/C28H28N4O3S/c1-30-15-16-31(19-30)14-6-13-29-24-12-11-23-25-21(24)9-5-10-22(25)26(33)32(27(23)34)17-18-36-28(35)20-7-3-2-4-8-20/h2-5,7-12,15-16,29H,6,13-14,17-19H2,1H3. The van der Waals surface area contributed by atoms with E-state index in [0.717, 1.165) is 49.0 Å². The van der Waals surface area contributed by atoms with E-state index in [4.69, 9.17) is 0 Å². The van der Waals surface area contributed by atoms with Gasteiger partial charge in [0.2, 0.25) is 5.12 Å². The number of thioether (sulfide) groups is 1. The van der Waals surface area contributed by atoms with E-state index in [1.165, 1.54) is 4.90 Å². The monoisotopic (exact) mass is 500 g/mol. The minimum atomic E-state index is -0.312. The maximum Gasteiger partial charge on any atom is 0.261 e. The van der Waals surface area contributed by atoms with Crippen molar-refractivity contribution in [2.45, 2.75) is 6.42 Å². The van der Waals surface area contributed by atoms with Crippen LogP contribution < -0.4 is 5.32 Å². The van der Waals surface area contributed by atoms with E-state index in [2.05, 4.69) is 34.6 Å². The number of nitrogens with one attached hydrogen (secondary N) is 1. The van der Waals surface area contributed by atoms with Crippen LogP contribution in [0.1, 0.15) is 37.5 Å². The number of imide groups is 1. The summed E-state index contributed by atoms with van der Waals surface area (Å²) in [6, 6.07) is 18.3. The van der Waals surface area contributed by atoms with Gasteiger partial charge in [-0.15, -0.1) is 0 Å². The molecule has 0 aliphatic carbocycles. The van der Waals surface area contributed by atoms with E-state index in [-0.39, 0.29) is 23.5 Å². The first-order valence-corrected chi connectivity index (χ1v) is 13.0. The molecule has 7 nitrogen and oxygen atoms in total. The summed E-state index contributed by atoms with van der Waals surface area (Å²) in [4.78, 5) is 44.6. The van der Waals surface area contributed by atoms with Crippen LogP contribution in [0.4, 0.5) is 5.69 Å². The molecule has 8 heteroatoms. The lowest BCUT2D eigenvalue weighted by Crippen LogP contribution is -2.41. The van der Waals surface area contributed by atoms with Crippen LogP contribution in [0.5, 0.6) is 0 Å². The topological polar surface area (TPSA) is 73.0 Å². The first kappa shape index (κ1) is 23.9. The average molecular weight is 501 g/mol. The van der Waals surface area contributed by atoms with Gasteiger partial charge in [-0.2, -0.15) is 0 Å². The van der Waals surface area contributed by atoms with Crippen LogP contribution in [-0.4, -0.2) is 70.7 Å². The molecule has 184 valence electrons. The van der Waals surface area contributed by atoms with Crippen molar-refractivity contribution in [3.8, 4) is 0 Å². The maximum absolute atomic E-state index is 13.3. The van der Waals surface area contributed by atoms with Crippen LogP contribution in [0.25, 0.3) is 10.8 Å². The fraction of sp³-hybridized carbons (Fsp3) is 0.250. The van der Waals surface area contributed by atoms with Gasteiger partial charge < -0.3 is 15.1 Å². The van der Waals surface area contributed by atoms with Crippen LogP contribution in [0, 0.1) is 0 Å². The van der Waals surface area contributed by atoms with Crippen molar-refractivity contribution in [2.75, 3.05) is 44.4 Å². The van der Waals surface area contributed by atoms with Gasteiger partial charge in [-0.3, -0.25) is 19.3 Å². The molecule has 3 aromatic rings. The van der Waals surface area contributed by atoms with Crippen molar-refractivity contribution >= 4 is 45.2 Å². The summed E-state index contributed by atoms with van der Waals surface area (Å²) in [5.74, 6) is -0.279. The van der Waals surface area contributed by atoms with Gasteiger partial charge in [-0.25, -0.2) is 0 Å². The molecule has 0 aromatic heterocycles. The molecular weight excluding hydrogens is 472 g/mol. The van der Waals surface area contributed by atoms with Crippen molar-refractivity contribution in [2.24, 2.45) is 0 Å². The zero-order chi connectivity index (χ0) is 25.1. The summed E-state index contributed by atoms with van der Waals surface area (Å²) in [6.07, 6.45) is 5.13. The maximum atomic E-state index is 13.3. The molecule has 2 aliphatic heterocycles. The molecule has 0 radical (unpaired) electrons. The van der Waals surface area contributed by atoms with Gasteiger partial charge in [0, 0.05) is 78.0 Å². The van der Waals surface area contributed by atoms with Crippen molar-refractivity contribution < 1.29 is 14.4 Å². The highest BCUT2D eigenvalue weighted by atomic mass is 32.2. The van der Waals surface area contributed by atoms with Crippen LogP contribution in [-0.2, 0) is 0 Å². The predicted molar refractivity (Wildman–Crippen MR) is 144 cm³/mol. The third kappa shape index (κ3) is 4.81. The Morgan fingerprint density at radius 2 is 1.69 bits per heavy atom. The largest absolute Gasteiger partial charge is 0.384 e. The van der Waals surface area contributed by atoms with Crippen molar-refractivity contribution in [3.05, 3.63) is 89.8 Å². The Bertz CT molecular complexity index is 1320. The van der Waals surface area contributed by atoms with E-state index in [1.807, 2.05) is 36.4 Å². The number of nitrogens with zero attached hydrogens (tertiary/aromatic N) is 3. The lowest BCUT2D eigenvalue weighted by Gasteiger charge is -2.27. The fourth-order valence-electron chi connectivity index (χ4n) is 4.63. The SMILES string of the molecule is CN1C=CN(CCCNc2ccc3c4c(cccc24)C(=O)N(CCSC(=O)c2ccccc2)C3=O)C1. The summed E-state index contributed by atoms with van der Waals surface area (Å²) >= 11 is 1.12. The number of hydrogen-bond donors (Lipinski definition) is 1. The first-order chi connectivity index (χ1) is 17.5. The first-order valence-electron chi connectivity index (χ1n) is 12.0. The minimum absolute atomic E-state index is 0.0708. The third-order valence-corrected chi connectivity index (χ3v) is 7.31. The van der Waals surface area contributed by atoms with Crippen molar-refractivity contribution in [3.63, 3.8) is 0 Å². The van der Waals surface area contributed by atoms with E-state index in [1.54, 1.807) is 24.3 Å². The molecular formula is C28H28N4O3S. The Kier molecular flexibility index (Phi) is 6.95. The second-order valence-electron chi connectivity index (χ2n) is 8.94. The van der Waals surface area contributed by atoms with Gasteiger partial charge in [0.15, 0.2) is 0 Å². The highest BCUT2D eigenvalue weighted by Crippen LogP contribution is 2.34. The number of carbonyl (C=O) groups is 3. The van der Waals surface area contributed by atoms with Crippen molar-refractivity contribution in [1.29, 1.82) is 0 Å². The lowest BCUT2D eigenvalue weighted by molar-refractivity contribution is 0.0620. The van der Waals surface area contributed by atoms with Crippen LogP contribution in [0.3, 0.4) is 0 Å². The van der Waals surface area contributed by atoms with Gasteiger partial charge >= 0.3 is 0 Å². The van der Waals surface area contributed by atoms with E-state index >= 15 is 0 Å². The van der Waals surface area contributed by atoms with Crippen LogP contribution in [0.2, 0.25) is 0 Å². The highest BCUT2D eigenvalue weighted by molar-refractivity contribution is 8.14. The molecule has 2 amide bonds. The molecule has 0 spiro atoms. The Labute approximate surface area is 214 Å². The fourth-order valence-corrected chi connectivity index (χ4v) is 5.39. The molecule has 0 unspecified atom stereocenters. The van der Waals surface area contributed by atoms with Gasteiger partial charge in [0.05, 0.1) is 6.67 Å². The minimum Gasteiger partial charge on any atom is -0.384 e. The number of amides is 2. The van der Waals surface area contributed by atoms with Gasteiger partial charge in [0.25, 0.3) is 11.8 Å². The summed E-state index contributed by atoms with van der Waals surface area (Å²) in [7, 11) is 2.05. The van der Waals surface area contributed by atoms with E-state index in [9.17, 15) is 14.4 Å². The van der Waals surface area contributed by atoms with Gasteiger partial charge in [0.1, 0.15) is 0 Å². The van der Waals surface area contributed by atoms with Crippen molar-refractivity contribution in [1.82, 2.24) is 14.7 Å². The summed E-state index contributed by atoms with van der Waals surface area (Å²) in [5.41, 5.74) is 2.58. The second-order valence-corrected chi connectivity index (χ2v) is 10.0.